The van der Waals surface area contributed by atoms with Crippen LogP contribution in [0.3, 0.4) is 0 Å². The van der Waals surface area contributed by atoms with Gasteiger partial charge in [-0.2, -0.15) is 0 Å². The first-order valence-electron chi connectivity index (χ1n) is 8.87. The Morgan fingerprint density at radius 1 is 1.10 bits per heavy atom. The Hall–Kier alpha value is -0.120. The van der Waals surface area contributed by atoms with Crippen LogP contribution in [0.25, 0.3) is 0 Å². The van der Waals surface area contributed by atoms with Gasteiger partial charge in [0.1, 0.15) is 0 Å². The van der Waals surface area contributed by atoms with E-state index in [1.165, 1.54) is 45.4 Å². The van der Waals surface area contributed by atoms with Crippen molar-refractivity contribution in [1.29, 1.82) is 0 Å². The summed E-state index contributed by atoms with van der Waals surface area (Å²) < 4.78 is 0. The fraction of sp³-hybridized carbons (Fsp3) is 1.00. The van der Waals surface area contributed by atoms with Gasteiger partial charge in [0.2, 0.25) is 0 Å². The van der Waals surface area contributed by atoms with Crippen molar-refractivity contribution < 1.29 is 0 Å². The molecule has 126 valence electrons. The van der Waals surface area contributed by atoms with Crippen molar-refractivity contribution in [3.63, 3.8) is 0 Å². The standard InChI is InChI=1S/C18H39N3/c1-8-10-18(6,14-19-17(3,4)5)15-21-12-11-20(7)16(9-2)13-21/h16,19H,8-15H2,1-7H3. The van der Waals surface area contributed by atoms with Crippen LogP contribution in [-0.2, 0) is 0 Å². The van der Waals surface area contributed by atoms with Crippen molar-refractivity contribution in [2.75, 3.05) is 39.8 Å². The van der Waals surface area contributed by atoms with Crippen LogP contribution in [0, 0.1) is 5.41 Å². The van der Waals surface area contributed by atoms with Gasteiger partial charge in [-0.05, 0) is 46.1 Å². The van der Waals surface area contributed by atoms with Crippen molar-refractivity contribution in [2.45, 2.75) is 72.4 Å². The molecule has 1 rings (SSSR count). The molecule has 0 aromatic rings. The minimum Gasteiger partial charge on any atom is -0.311 e. The van der Waals surface area contributed by atoms with Crippen LogP contribution >= 0.6 is 0 Å². The van der Waals surface area contributed by atoms with Crippen molar-refractivity contribution in [1.82, 2.24) is 15.1 Å². The highest BCUT2D eigenvalue weighted by Crippen LogP contribution is 2.26. The maximum Gasteiger partial charge on any atom is 0.0218 e. The van der Waals surface area contributed by atoms with E-state index in [1.807, 2.05) is 0 Å². The summed E-state index contributed by atoms with van der Waals surface area (Å²) >= 11 is 0. The first-order chi connectivity index (χ1) is 9.69. The van der Waals surface area contributed by atoms with E-state index in [4.69, 9.17) is 0 Å². The third-order valence-corrected chi connectivity index (χ3v) is 4.84. The summed E-state index contributed by atoms with van der Waals surface area (Å²) in [6.45, 7) is 19.9. The fourth-order valence-corrected chi connectivity index (χ4v) is 3.44. The number of hydrogen-bond donors (Lipinski definition) is 1. The molecule has 1 heterocycles. The van der Waals surface area contributed by atoms with Crippen LogP contribution in [0.1, 0.15) is 60.8 Å². The zero-order valence-electron chi connectivity index (χ0n) is 15.6. The Morgan fingerprint density at radius 3 is 2.29 bits per heavy atom. The number of nitrogens with one attached hydrogen (secondary N) is 1. The van der Waals surface area contributed by atoms with E-state index in [0.29, 0.717) is 5.41 Å². The Balaban J connectivity index is 2.60. The van der Waals surface area contributed by atoms with Crippen LogP contribution in [0.15, 0.2) is 0 Å². The fourth-order valence-electron chi connectivity index (χ4n) is 3.44. The third kappa shape index (κ3) is 6.66. The Labute approximate surface area is 133 Å². The normalized spacial score (nSPS) is 25.0. The predicted octanol–water partition coefficient (Wildman–Crippen LogP) is 3.21. The quantitative estimate of drug-likeness (QED) is 0.778. The van der Waals surface area contributed by atoms with Gasteiger partial charge in [0.25, 0.3) is 0 Å². The van der Waals surface area contributed by atoms with Gasteiger partial charge in [-0.25, -0.2) is 0 Å². The molecule has 1 fully saturated rings. The molecule has 0 aromatic carbocycles. The number of nitrogens with zero attached hydrogens (tertiary/aromatic N) is 2. The zero-order chi connectivity index (χ0) is 16.1. The molecule has 3 heteroatoms. The van der Waals surface area contributed by atoms with Crippen LogP contribution in [-0.4, -0.2) is 61.2 Å². The average Bonchev–Trinajstić information content (AvgIpc) is 2.38. The van der Waals surface area contributed by atoms with Gasteiger partial charge in [0.15, 0.2) is 0 Å². The molecule has 0 radical (unpaired) electrons. The highest BCUT2D eigenvalue weighted by Gasteiger charge is 2.31. The number of rotatable bonds is 7. The highest BCUT2D eigenvalue weighted by molar-refractivity contribution is 4.87. The smallest absolute Gasteiger partial charge is 0.0218 e. The molecule has 2 unspecified atom stereocenters. The van der Waals surface area contributed by atoms with Gasteiger partial charge in [0, 0.05) is 44.3 Å². The summed E-state index contributed by atoms with van der Waals surface area (Å²) in [6, 6.07) is 0.736. The van der Waals surface area contributed by atoms with E-state index in [9.17, 15) is 0 Å². The summed E-state index contributed by atoms with van der Waals surface area (Å²) in [7, 11) is 2.28. The lowest BCUT2D eigenvalue weighted by atomic mass is 9.83. The van der Waals surface area contributed by atoms with Gasteiger partial charge in [-0.3, -0.25) is 4.90 Å². The lowest BCUT2D eigenvalue weighted by molar-refractivity contribution is 0.0559. The molecule has 2 atom stereocenters. The lowest BCUT2D eigenvalue weighted by Gasteiger charge is -2.44. The van der Waals surface area contributed by atoms with E-state index in [0.717, 1.165) is 12.6 Å². The van der Waals surface area contributed by atoms with Crippen molar-refractivity contribution in [2.24, 2.45) is 5.41 Å². The number of likely N-dealkylation sites (N-methyl/N-ethyl adjacent to an activating group) is 1. The highest BCUT2D eigenvalue weighted by atomic mass is 15.3. The summed E-state index contributed by atoms with van der Waals surface area (Å²) in [6.07, 6.45) is 3.84. The molecule has 0 bridgehead atoms. The summed E-state index contributed by atoms with van der Waals surface area (Å²) in [5.74, 6) is 0. The molecule has 0 amide bonds. The van der Waals surface area contributed by atoms with Crippen LogP contribution in [0.2, 0.25) is 0 Å². The summed E-state index contributed by atoms with van der Waals surface area (Å²) in [4.78, 5) is 5.23. The van der Waals surface area contributed by atoms with Gasteiger partial charge in [0.05, 0.1) is 0 Å². The molecular weight excluding hydrogens is 258 g/mol. The third-order valence-electron chi connectivity index (χ3n) is 4.84. The molecule has 0 spiro atoms. The maximum atomic E-state index is 3.73. The first kappa shape index (κ1) is 18.9. The molecule has 0 aromatic heterocycles. The average molecular weight is 298 g/mol. The van der Waals surface area contributed by atoms with Crippen molar-refractivity contribution in [3.05, 3.63) is 0 Å². The van der Waals surface area contributed by atoms with Gasteiger partial charge in [-0.15, -0.1) is 0 Å². The van der Waals surface area contributed by atoms with Crippen molar-refractivity contribution in [3.8, 4) is 0 Å². The van der Waals surface area contributed by atoms with E-state index < -0.39 is 0 Å². The molecule has 1 N–H and O–H groups in total. The van der Waals surface area contributed by atoms with Gasteiger partial charge >= 0.3 is 0 Å². The first-order valence-corrected chi connectivity index (χ1v) is 8.87. The zero-order valence-corrected chi connectivity index (χ0v) is 15.6. The van der Waals surface area contributed by atoms with Crippen molar-refractivity contribution >= 4 is 0 Å². The predicted molar refractivity (Wildman–Crippen MR) is 93.9 cm³/mol. The molecule has 21 heavy (non-hydrogen) atoms. The molecule has 0 saturated carbocycles. The Morgan fingerprint density at radius 2 is 1.76 bits per heavy atom. The SMILES string of the molecule is CCCC(C)(CNC(C)(C)C)CN1CCN(C)C(CC)C1. The lowest BCUT2D eigenvalue weighted by Crippen LogP contribution is -2.55. The number of hydrogen-bond acceptors (Lipinski definition) is 3. The largest absolute Gasteiger partial charge is 0.311 e. The molecule has 0 aliphatic carbocycles. The number of piperazine rings is 1. The Kier molecular flexibility index (Phi) is 7.15. The second-order valence-corrected chi connectivity index (χ2v) is 8.44. The van der Waals surface area contributed by atoms with Crippen LogP contribution in [0.5, 0.6) is 0 Å². The maximum absolute atomic E-state index is 3.73. The summed E-state index contributed by atoms with van der Waals surface area (Å²) in [5.41, 5.74) is 0.597. The second kappa shape index (κ2) is 7.94. The molecular formula is C18H39N3. The second-order valence-electron chi connectivity index (χ2n) is 8.44. The minimum atomic E-state index is 0.211. The van der Waals surface area contributed by atoms with Crippen LogP contribution in [0.4, 0.5) is 0 Å². The van der Waals surface area contributed by atoms with Gasteiger partial charge in [-0.1, -0.05) is 27.2 Å². The molecule has 1 aliphatic heterocycles. The minimum absolute atomic E-state index is 0.211. The molecule has 3 nitrogen and oxygen atoms in total. The molecule has 1 aliphatic rings. The Bertz CT molecular complexity index is 297. The van der Waals surface area contributed by atoms with E-state index in [1.54, 1.807) is 0 Å². The van der Waals surface area contributed by atoms with E-state index in [2.05, 4.69) is 63.7 Å². The topological polar surface area (TPSA) is 18.5 Å². The van der Waals surface area contributed by atoms with E-state index in [-0.39, 0.29) is 5.54 Å². The van der Waals surface area contributed by atoms with E-state index >= 15 is 0 Å². The van der Waals surface area contributed by atoms with Gasteiger partial charge < -0.3 is 10.2 Å². The summed E-state index contributed by atoms with van der Waals surface area (Å²) in [5, 5.41) is 3.73. The molecule has 1 saturated heterocycles. The van der Waals surface area contributed by atoms with Crippen LogP contribution < -0.4 is 5.32 Å². The monoisotopic (exact) mass is 297 g/mol.